The van der Waals surface area contributed by atoms with Gasteiger partial charge in [-0.25, -0.2) is 4.79 Å². The van der Waals surface area contributed by atoms with Crippen LogP contribution in [0.15, 0.2) is 30.2 Å². The molecule has 1 N–H and O–H groups in total. The molecule has 5 heteroatoms. The third kappa shape index (κ3) is 2.64. The molecule has 1 aliphatic rings. The van der Waals surface area contributed by atoms with Crippen LogP contribution in [0.25, 0.3) is 0 Å². The molecular weight excluding hydrogens is 230 g/mol. The largest absolute Gasteiger partial charge is 0.321 e. The van der Waals surface area contributed by atoms with Gasteiger partial charge in [-0.2, -0.15) is 0 Å². The van der Waals surface area contributed by atoms with Crippen molar-refractivity contribution < 1.29 is 9.59 Å². The monoisotopic (exact) mass is 245 g/mol. The van der Waals surface area contributed by atoms with Crippen molar-refractivity contribution in [3.8, 4) is 0 Å². The first-order chi connectivity index (χ1) is 8.86. The Labute approximate surface area is 106 Å². The third-order valence-electron chi connectivity index (χ3n) is 3.13. The molecule has 1 aliphatic heterocycles. The fraction of sp³-hybridized carbons (Fsp3) is 0.385. The zero-order valence-corrected chi connectivity index (χ0v) is 10.0. The number of hydrogen-bond donors (Lipinski definition) is 1. The Balaban J connectivity index is 2.33. The molecule has 1 unspecified atom stereocenters. The van der Waals surface area contributed by atoms with E-state index in [1.54, 1.807) is 12.4 Å². The van der Waals surface area contributed by atoms with Gasteiger partial charge in [0, 0.05) is 12.4 Å². The molecule has 1 fully saturated rings. The van der Waals surface area contributed by atoms with E-state index in [0.717, 1.165) is 31.5 Å². The van der Waals surface area contributed by atoms with Crippen LogP contribution in [0, 0.1) is 0 Å². The van der Waals surface area contributed by atoms with Gasteiger partial charge < -0.3 is 5.32 Å². The Bertz CT molecular complexity index is 449. The van der Waals surface area contributed by atoms with E-state index in [2.05, 4.69) is 15.2 Å². The molecule has 0 bridgehead atoms. The molecule has 5 nitrogen and oxygen atoms in total. The van der Waals surface area contributed by atoms with Gasteiger partial charge >= 0.3 is 0 Å². The van der Waals surface area contributed by atoms with Gasteiger partial charge in [0.2, 0.25) is 6.41 Å². The second-order valence-corrected chi connectivity index (χ2v) is 4.20. The first kappa shape index (κ1) is 12.5. The summed E-state index contributed by atoms with van der Waals surface area (Å²) in [6.07, 6.45) is 6.09. The number of likely N-dealkylation sites (tertiary alicyclic amines) is 1. The lowest BCUT2D eigenvalue weighted by Crippen LogP contribution is -2.32. The summed E-state index contributed by atoms with van der Waals surface area (Å²) in [5.74, 6) is 1.84. The van der Waals surface area contributed by atoms with Crippen LogP contribution in [0.2, 0.25) is 0 Å². The van der Waals surface area contributed by atoms with Crippen molar-refractivity contribution >= 4 is 12.4 Å². The van der Waals surface area contributed by atoms with E-state index >= 15 is 0 Å². The maximum absolute atomic E-state index is 11.0. The maximum Gasteiger partial charge on any atom is 0.211 e. The highest BCUT2D eigenvalue weighted by atomic mass is 16.1. The van der Waals surface area contributed by atoms with Crippen molar-refractivity contribution in [1.82, 2.24) is 15.2 Å². The third-order valence-corrected chi connectivity index (χ3v) is 3.13. The summed E-state index contributed by atoms with van der Waals surface area (Å²) in [7, 11) is 0. The van der Waals surface area contributed by atoms with Crippen LogP contribution in [0.3, 0.4) is 0 Å². The minimum atomic E-state index is -0.238. The van der Waals surface area contributed by atoms with Crippen LogP contribution >= 0.6 is 0 Å². The first-order valence-electron chi connectivity index (χ1n) is 5.96. The minimum Gasteiger partial charge on any atom is -0.321 e. The van der Waals surface area contributed by atoms with E-state index in [-0.39, 0.29) is 11.7 Å². The van der Waals surface area contributed by atoms with E-state index in [1.165, 1.54) is 0 Å². The Kier molecular flexibility index (Phi) is 4.23. The molecule has 1 saturated heterocycles. The van der Waals surface area contributed by atoms with Crippen molar-refractivity contribution in [3.05, 3.63) is 35.8 Å². The topological polar surface area (TPSA) is 62.3 Å². The molecule has 1 aromatic rings. The zero-order valence-electron chi connectivity index (χ0n) is 10.0. The first-order valence-corrected chi connectivity index (χ1v) is 5.96. The summed E-state index contributed by atoms with van der Waals surface area (Å²) >= 11 is 0. The molecule has 2 heterocycles. The lowest BCUT2D eigenvalue weighted by Gasteiger charge is -2.27. The fourth-order valence-electron chi connectivity index (χ4n) is 2.33. The van der Waals surface area contributed by atoms with E-state index in [0.29, 0.717) is 6.41 Å². The summed E-state index contributed by atoms with van der Waals surface area (Å²) in [6.45, 7) is 1.83. The highest BCUT2D eigenvalue weighted by Gasteiger charge is 2.27. The van der Waals surface area contributed by atoms with Crippen molar-refractivity contribution in [3.63, 3.8) is 0 Å². The van der Waals surface area contributed by atoms with Crippen molar-refractivity contribution in [2.24, 2.45) is 0 Å². The predicted molar refractivity (Wildman–Crippen MR) is 66.2 cm³/mol. The number of hydrogen-bond acceptors (Lipinski definition) is 4. The Morgan fingerprint density at radius 3 is 2.61 bits per heavy atom. The van der Waals surface area contributed by atoms with Gasteiger partial charge in [-0.1, -0.05) is 0 Å². The normalized spacial score (nSPS) is 16.9. The maximum atomic E-state index is 11.0. The lowest BCUT2D eigenvalue weighted by atomic mass is 10.0. The predicted octanol–water partition coefficient (Wildman–Crippen LogP) is 0.680. The minimum absolute atomic E-state index is 0.238. The summed E-state index contributed by atoms with van der Waals surface area (Å²) in [5, 5.41) is 2.46. The van der Waals surface area contributed by atoms with E-state index in [4.69, 9.17) is 0 Å². The number of rotatable bonds is 5. The average molecular weight is 245 g/mol. The molecule has 0 saturated carbocycles. The Morgan fingerprint density at radius 2 is 2.06 bits per heavy atom. The van der Waals surface area contributed by atoms with Crippen LogP contribution in [-0.2, 0) is 9.59 Å². The van der Waals surface area contributed by atoms with E-state index < -0.39 is 0 Å². The highest BCUT2D eigenvalue weighted by molar-refractivity contribution is 5.63. The highest BCUT2D eigenvalue weighted by Crippen LogP contribution is 2.28. The van der Waals surface area contributed by atoms with Crippen molar-refractivity contribution in [2.75, 3.05) is 13.1 Å². The molecule has 0 radical (unpaired) electrons. The molecular formula is C13H15N3O2. The van der Waals surface area contributed by atoms with Gasteiger partial charge in [0.1, 0.15) is 11.6 Å². The number of carbonyl (C=O) groups excluding carboxylic acids is 2. The van der Waals surface area contributed by atoms with Gasteiger partial charge in [0.05, 0.1) is 6.04 Å². The number of aromatic nitrogens is 1. The molecule has 2 rings (SSSR count). The number of nitrogens with zero attached hydrogens (tertiary/aromatic N) is 2. The zero-order chi connectivity index (χ0) is 12.8. The van der Waals surface area contributed by atoms with Crippen molar-refractivity contribution in [2.45, 2.75) is 18.9 Å². The molecule has 1 amide bonds. The van der Waals surface area contributed by atoms with Crippen LogP contribution < -0.4 is 5.32 Å². The molecule has 1 aromatic heterocycles. The van der Waals surface area contributed by atoms with Gasteiger partial charge in [-0.15, -0.1) is 0 Å². The van der Waals surface area contributed by atoms with Crippen LogP contribution in [0.1, 0.15) is 24.4 Å². The molecule has 18 heavy (non-hydrogen) atoms. The van der Waals surface area contributed by atoms with E-state index in [1.807, 2.05) is 18.1 Å². The molecule has 0 aliphatic carbocycles. The molecule has 94 valence electrons. The van der Waals surface area contributed by atoms with Gasteiger partial charge in [0.25, 0.3) is 0 Å². The number of nitrogens with one attached hydrogen (secondary N) is 1. The lowest BCUT2D eigenvalue weighted by molar-refractivity contribution is -0.109. The summed E-state index contributed by atoms with van der Waals surface area (Å²) in [5.41, 5.74) is 1.21. The second kappa shape index (κ2) is 6.10. The van der Waals surface area contributed by atoms with Crippen molar-refractivity contribution in [1.29, 1.82) is 0 Å². The number of carbonyl (C=O) groups is 1. The Morgan fingerprint density at radius 1 is 1.39 bits per heavy atom. The molecule has 0 aromatic carbocycles. The van der Waals surface area contributed by atoms with E-state index in [9.17, 15) is 9.59 Å². The summed E-state index contributed by atoms with van der Waals surface area (Å²) < 4.78 is 0. The Hall–Kier alpha value is -1.97. The van der Waals surface area contributed by atoms with Crippen LogP contribution in [0.4, 0.5) is 0 Å². The molecule has 0 spiro atoms. The smallest absolute Gasteiger partial charge is 0.211 e. The number of pyridine rings is 1. The SMILES string of the molecule is O=C=C(NC=O)C(c1ccncc1)N1CCCC1. The van der Waals surface area contributed by atoms with Crippen LogP contribution in [0.5, 0.6) is 0 Å². The standard InChI is InChI=1S/C13H15N3O2/c17-9-12(15-10-18)13(16-7-1-2-8-16)11-3-5-14-6-4-11/h3-6,10,13H,1-2,7-8H2,(H,15,18). The summed E-state index contributed by atoms with van der Waals surface area (Å²) in [6, 6.07) is 3.47. The second-order valence-electron chi connectivity index (χ2n) is 4.20. The van der Waals surface area contributed by atoms with Gasteiger partial charge in [-0.05, 0) is 43.6 Å². The average Bonchev–Trinajstić information content (AvgIpc) is 2.93. The number of amides is 1. The quantitative estimate of drug-likeness (QED) is 0.612. The fourth-order valence-corrected chi connectivity index (χ4v) is 2.33. The van der Waals surface area contributed by atoms with Gasteiger partial charge in [-0.3, -0.25) is 14.7 Å². The summed E-state index contributed by atoms with van der Waals surface area (Å²) in [4.78, 5) is 27.8. The van der Waals surface area contributed by atoms with Crippen LogP contribution in [-0.4, -0.2) is 35.3 Å². The molecule has 1 atom stereocenters. The van der Waals surface area contributed by atoms with Gasteiger partial charge in [0.15, 0.2) is 0 Å².